The second kappa shape index (κ2) is 6.93. The zero-order chi connectivity index (χ0) is 18.0. The van der Waals surface area contributed by atoms with E-state index in [0.717, 1.165) is 33.4 Å². The molecule has 4 nitrogen and oxygen atoms in total. The summed E-state index contributed by atoms with van der Waals surface area (Å²) in [5, 5.41) is 0. The summed E-state index contributed by atoms with van der Waals surface area (Å²) in [6.07, 6.45) is 2.60. The van der Waals surface area contributed by atoms with Gasteiger partial charge in [-0.1, -0.05) is 24.3 Å². The van der Waals surface area contributed by atoms with Gasteiger partial charge in [-0.3, -0.25) is 4.79 Å². The standard InChI is InChI=1S/C21H20O4/c1-13-8-15(9-14(2)21(13)25-12-19(22)24-3)10-17-11-16-6-4-5-7-18(16)20(17)23/h4-10H,11-12H2,1-3H3/b17-10+. The monoisotopic (exact) mass is 336 g/mol. The van der Waals surface area contributed by atoms with E-state index in [1.54, 1.807) is 0 Å². The predicted octanol–water partition coefficient (Wildman–Crippen LogP) is 3.68. The molecule has 2 aromatic rings. The smallest absolute Gasteiger partial charge is 0.343 e. The molecule has 0 spiro atoms. The molecule has 0 saturated heterocycles. The van der Waals surface area contributed by atoms with E-state index in [2.05, 4.69) is 4.74 Å². The van der Waals surface area contributed by atoms with Crippen molar-refractivity contribution in [3.8, 4) is 5.75 Å². The molecule has 0 fully saturated rings. The lowest BCUT2D eigenvalue weighted by atomic mass is 10.0. The first-order valence-electron chi connectivity index (χ1n) is 8.13. The van der Waals surface area contributed by atoms with E-state index in [1.165, 1.54) is 7.11 Å². The molecule has 0 aliphatic heterocycles. The largest absolute Gasteiger partial charge is 0.481 e. The molecule has 0 aromatic heterocycles. The maximum absolute atomic E-state index is 12.5. The number of carbonyl (C=O) groups is 2. The minimum Gasteiger partial charge on any atom is -0.481 e. The molecule has 0 radical (unpaired) electrons. The molecule has 1 aliphatic rings. The average molecular weight is 336 g/mol. The molecular formula is C21H20O4. The fourth-order valence-electron chi connectivity index (χ4n) is 3.16. The highest BCUT2D eigenvalue weighted by molar-refractivity contribution is 6.15. The van der Waals surface area contributed by atoms with Gasteiger partial charge in [-0.05, 0) is 54.3 Å². The third kappa shape index (κ3) is 3.48. The van der Waals surface area contributed by atoms with Crippen LogP contribution in [0.15, 0.2) is 42.0 Å². The molecule has 0 amide bonds. The van der Waals surface area contributed by atoms with Gasteiger partial charge in [0.1, 0.15) is 5.75 Å². The van der Waals surface area contributed by atoms with Crippen LogP contribution in [0.2, 0.25) is 0 Å². The molecule has 3 rings (SSSR count). The fourth-order valence-corrected chi connectivity index (χ4v) is 3.16. The number of hydrogen-bond acceptors (Lipinski definition) is 4. The van der Waals surface area contributed by atoms with Crippen molar-refractivity contribution in [3.05, 3.63) is 69.8 Å². The van der Waals surface area contributed by atoms with Gasteiger partial charge < -0.3 is 9.47 Å². The summed E-state index contributed by atoms with van der Waals surface area (Å²) in [4.78, 5) is 23.8. The number of ketones is 1. The second-order valence-electron chi connectivity index (χ2n) is 6.18. The molecule has 0 N–H and O–H groups in total. The van der Waals surface area contributed by atoms with E-state index in [1.807, 2.05) is 56.3 Å². The third-order valence-corrected chi connectivity index (χ3v) is 4.32. The number of carbonyl (C=O) groups excluding carboxylic acids is 2. The van der Waals surface area contributed by atoms with Crippen molar-refractivity contribution >= 4 is 17.8 Å². The van der Waals surface area contributed by atoms with Crippen molar-refractivity contribution in [2.24, 2.45) is 0 Å². The van der Waals surface area contributed by atoms with Gasteiger partial charge in [0, 0.05) is 17.6 Å². The summed E-state index contributed by atoms with van der Waals surface area (Å²) in [7, 11) is 1.33. The van der Waals surface area contributed by atoms with Gasteiger partial charge in [0.2, 0.25) is 0 Å². The molecule has 0 bridgehead atoms. The van der Waals surface area contributed by atoms with Crippen molar-refractivity contribution in [2.45, 2.75) is 20.3 Å². The van der Waals surface area contributed by atoms with Crippen molar-refractivity contribution in [1.82, 2.24) is 0 Å². The Kier molecular flexibility index (Phi) is 4.70. The Morgan fingerprint density at radius 1 is 1.16 bits per heavy atom. The van der Waals surface area contributed by atoms with E-state index < -0.39 is 5.97 Å². The molecule has 2 aromatic carbocycles. The van der Waals surface area contributed by atoms with Crippen molar-refractivity contribution < 1.29 is 19.1 Å². The topological polar surface area (TPSA) is 52.6 Å². The van der Waals surface area contributed by atoms with Crippen LogP contribution in [0.3, 0.4) is 0 Å². The van der Waals surface area contributed by atoms with Crippen molar-refractivity contribution in [2.75, 3.05) is 13.7 Å². The number of ether oxygens (including phenoxy) is 2. The Morgan fingerprint density at radius 2 is 1.84 bits per heavy atom. The first kappa shape index (κ1) is 17.0. The van der Waals surface area contributed by atoms with E-state index in [9.17, 15) is 9.59 Å². The highest BCUT2D eigenvalue weighted by Gasteiger charge is 2.24. The first-order valence-corrected chi connectivity index (χ1v) is 8.13. The minimum absolute atomic E-state index is 0.0944. The van der Waals surface area contributed by atoms with E-state index >= 15 is 0 Å². The number of aryl methyl sites for hydroxylation is 2. The van der Waals surface area contributed by atoms with Crippen LogP contribution in [0.1, 0.15) is 32.6 Å². The zero-order valence-corrected chi connectivity index (χ0v) is 14.6. The third-order valence-electron chi connectivity index (χ3n) is 4.32. The summed E-state index contributed by atoms with van der Waals surface area (Å²) >= 11 is 0. The van der Waals surface area contributed by atoms with Crippen LogP contribution in [0.5, 0.6) is 5.75 Å². The van der Waals surface area contributed by atoms with Gasteiger partial charge in [0.25, 0.3) is 0 Å². The van der Waals surface area contributed by atoms with Crippen molar-refractivity contribution in [1.29, 1.82) is 0 Å². The van der Waals surface area contributed by atoms with Gasteiger partial charge in [-0.25, -0.2) is 4.79 Å². The maximum atomic E-state index is 12.5. The Bertz CT molecular complexity index is 854. The summed E-state index contributed by atoms with van der Waals surface area (Å²) in [5.41, 5.74) is 5.45. The summed E-state index contributed by atoms with van der Waals surface area (Å²) in [5.74, 6) is 0.352. The molecule has 0 heterocycles. The SMILES string of the molecule is COC(=O)COc1c(C)cc(/C=C2\Cc3ccccc3C2=O)cc1C. The quantitative estimate of drug-likeness (QED) is 0.631. The van der Waals surface area contributed by atoms with Crippen LogP contribution < -0.4 is 4.74 Å². The predicted molar refractivity (Wildman–Crippen MR) is 95.9 cm³/mol. The molecule has 128 valence electrons. The fraction of sp³-hybridized carbons (Fsp3) is 0.238. The highest BCUT2D eigenvalue weighted by atomic mass is 16.6. The summed E-state index contributed by atoms with van der Waals surface area (Å²) in [6.45, 7) is 3.73. The molecule has 0 saturated carbocycles. The van der Waals surface area contributed by atoms with Crippen LogP contribution in [0.4, 0.5) is 0 Å². The lowest BCUT2D eigenvalue weighted by molar-refractivity contribution is -0.142. The molecule has 0 unspecified atom stereocenters. The summed E-state index contributed by atoms with van der Waals surface area (Å²) in [6, 6.07) is 11.6. The van der Waals surface area contributed by atoms with E-state index in [-0.39, 0.29) is 12.4 Å². The normalized spacial score (nSPS) is 14.5. The molecule has 4 heteroatoms. The van der Waals surface area contributed by atoms with Crippen LogP contribution in [-0.4, -0.2) is 25.5 Å². The van der Waals surface area contributed by atoms with Gasteiger partial charge in [-0.15, -0.1) is 0 Å². The number of benzene rings is 2. The molecule has 1 aliphatic carbocycles. The first-order chi connectivity index (χ1) is 12.0. The highest BCUT2D eigenvalue weighted by Crippen LogP contribution is 2.30. The van der Waals surface area contributed by atoms with Gasteiger partial charge in [-0.2, -0.15) is 0 Å². The number of fused-ring (bicyclic) bond motifs is 1. The lowest BCUT2D eigenvalue weighted by Gasteiger charge is -2.12. The van der Waals surface area contributed by atoms with Gasteiger partial charge in [0.05, 0.1) is 7.11 Å². The maximum Gasteiger partial charge on any atom is 0.343 e. The number of allylic oxidation sites excluding steroid dienone is 1. The van der Waals surface area contributed by atoms with Crippen LogP contribution in [0.25, 0.3) is 6.08 Å². The molecular weight excluding hydrogens is 316 g/mol. The van der Waals surface area contributed by atoms with Gasteiger partial charge in [0.15, 0.2) is 12.4 Å². The number of esters is 1. The Balaban J connectivity index is 1.85. The average Bonchev–Trinajstić information content (AvgIpc) is 2.90. The zero-order valence-electron chi connectivity index (χ0n) is 14.6. The number of hydrogen-bond donors (Lipinski definition) is 0. The molecule has 25 heavy (non-hydrogen) atoms. The van der Waals surface area contributed by atoms with Crippen molar-refractivity contribution in [3.63, 3.8) is 0 Å². The van der Waals surface area contributed by atoms with E-state index in [0.29, 0.717) is 12.2 Å². The minimum atomic E-state index is -0.417. The Hall–Kier alpha value is -2.88. The van der Waals surface area contributed by atoms with Crippen LogP contribution in [-0.2, 0) is 16.0 Å². The Labute approximate surface area is 147 Å². The second-order valence-corrected chi connectivity index (χ2v) is 6.18. The molecule has 0 atom stereocenters. The number of methoxy groups -OCH3 is 1. The van der Waals surface area contributed by atoms with Crippen LogP contribution >= 0.6 is 0 Å². The number of rotatable bonds is 4. The lowest BCUT2D eigenvalue weighted by Crippen LogP contribution is -2.13. The van der Waals surface area contributed by atoms with Gasteiger partial charge >= 0.3 is 5.97 Å². The van der Waals surface area contributed by atoms with E-state index in [4.69, 9.17) is 4.74 Å². The summed E-state index contributed by atoms with van der Waals surface area (Å²) < 4.78 is 10.2. The van der Waals surface area contributed by atoms with Crippen LogP contribution in [0, 0.1) is 13.8 Å². The Morgan fingerprint density at radius 3 is 2.48 bits per heavy atom. The number of Topliss-reactive ketones (excluding diaryl/α,β-unsaturated/α-hetero) is 1.